The Kier molecular flexibility index (Phi) is 5.74. The van der Waals surface area contributed by atoms with E-state index in [0.717, 1.165) is 17.0 Å². The molecule has 1 aromatic carbocycles. The zero-order valence-electron chi connectivity index (χ0n) is 15.0. The van der Waals surface area contributed by atoms with Crippen LogP contribution in [-0.2, 0) is 11.9 Å². The molecule has 1 saturated carbocycles. The van der Waals surface area contributed by atoms with Crippen molar-refractivity contribution in [2.45, 2.75) is 31.7 Å². The van der Waals surface area contributed by atoms with E-state index in [2.05, 4.69) is 5.10 Å². The molecule has 0 radical (unpaired) electrons. The maximum absolute atomic E-state index is 13.2. The summed E-state index contributed by atoms with van der Waals surface area (Å²) in [6, 6.07) is 5.00. The predicted octanol–water partition coefficient (Wildman–Crippen LogP) is 4.86. The van der Waals surface area contributed by atoms with Crippen LogP contribution in [0.5, 0.6) is 0 Å². The van der Waals surface area contributed by atoms with Gasteiger partial charge in [0.25, 0.3) is 12.3 Å². The first kappa shape index (κ1) is 20.0. The summed E-state index contributed by atoms with van der Waals surface area (Å²) in [4.78, 5) is 18.1. The molecule has 27 heavy (non-hydrogen) atoms. The van der Waals surface area contributed by atoms with Crippen LogP contribution in [0.25, 0.3) is 0 Å². The van der Waals surface area contributed by atoms with Crippen molar-refractivity contribution in [2.75, 3.05) is 7.11 Å². The SMILES string of the molecule is CON(C(=O)c1cn(C)nc1C(F)F)C(C)[C@H]1C[C@@H]1c1ccc(Cl)cc1Cl. The summed E-state index contributed by atoms with van der Waals surface area (Å²) in [6.45, 7) is 1.83. The summed E-state index contributed by atoms with van der Waals surface area (Å²) in [6.07, 6.45) is -0.756. The number of halogens is 4. The molecule has 0 spiro atoms. The number of rotatable bonds is 6. The number of amides is 1. The van der Waals surface area contributed by atoms with Gasteiger partial charge in [0.15, 0.2) is 0 Å². The van der Waals surface area contributed by atoms with E-state index in [0.29, 0.717) is 10.0 Å². The zero-order valence-corrected chi connectivity index (χ0v) is 16.5. The summed E-state index contributed by atoms with van der Waals surface area (Å²) in [7, 11) is 2.84. The molecule has 146 valence electrons. The Morgan fingerprint density at radius 2 is 2.11 bits per heavy atom. The summed E-state index contributed by atoms with van der Waals surface area (Å²) >= 11 is 12.2. The molecule has 3 atom stereocenters. The lowest BCUT2D eigenvalue weighted by atomic mass is 10.1. The molecule has 1 aromatic heterocycles. The van der Waals surface area contributed by atoms with Crippen LogP contribution in [0.4, 0.5) is 8.78 Å². The van der Waals surface area contributed by atoms with Crippen LogP contribution < -0.4 is 0 Å². The van der Waals surface area contributed by atoms with Gasteiger partial charge >= 0.3 is 0 Å². The van der Waals surface area contributed by atoms with Crippen LogP contribution in [0.3, 0.4) is 0 Å². The van der Waals surface area contributed by atoms with E-state index in [1.165, 1.54) is 25.0 Å². The largest absolute Gasteiger partial charge is 0.282 e. The first-order chi connectivity index (χ1) is 12.7. The molecule has 9 heteroatoms. The molecule has 5 nitrogen and oxygen atoms in total. The van der Waals surface area contributed by atoms with E-state index in [1.807, 2.05) is 13.0 Å². The van der Waals surface area contributed by atoms with Crippen molar-refractivity contribution in [3.63, 3.8) is 0 Å². The van der Waals surface area contributed by atoms with Crippen LogP contribution in [0.1, 0.15) is 47.3 Å². The molecular weight excluding hydrogens is 399 g/mol. The second kappa shape index (κ2) is 7.73. The minimum atomic E-state index is -2.85. The number of aryl methyl sites for hydroxylation is 1. The average Bonchev–Trinajstić information content (AvgIpc) is 3.28. The maximum Gasteiger partial charge on any atom is 0.282 e. The van der Waals surface area contributed by atoms with Gasteiger partial charge in [0.2, 0.25) is 0 Å². The lowest BCUT2D eigenvalue weighted by Gasteiger charge is -2.27. The van der Waals surface area contributed by atoms with Gasteiger partial charge in [-0.05, 0) is 42.9 Å². The number of nitrogens with zero attached hydrogens (tertiary/aromatic N) is 3. The van der Waals surface area contributed by atoms with Gasteiger partial charge in [0.05, 0.1) is 18.7 Å². The van der Waals surface area contributed by atoms with Crippen molar-refractivity contribution in [3.05, 3.63) is 51.3 Å². The monoisotopic (exact) mass is 417 g/mol. The number of hydrogen-bond donors (Lipinski definition) is 0. The van der Waals surface area contributed by atoms with Crippen molar-refractivity contribution in [2.24, 2.45) is 13.0 Å². The smallest absolute Gasteiger partial charge is 0.275 e. The van der Waals surface area contributed by atoms with Crippen molar-refractivity contribution in [1.29, 1.82) is 0 Å². The number of hydroxylamine groups is 2. The number of alkyl halides is 2. The second-order valence-electron chi connectivity index (χ2n) is 6.63. The van der Waals surface area contributed by atoms with Gasteiger partial charge in [-0.25, -0.2) is 13.8 Å². The van der Waals surface area contributed by atoms with Gasteiger partial charge in [-0.1, -0.05) is 29.3 Å². The van der Waals surface area contributed by atoms with Crippen molar-refractivity contribution < 1.29 is 18.4 Å². The van der Waals surface area contributed by atoms with Crippen LogP contribution in [0, 0.1) is 5.92 Å². The molecule has 1 heterocycles. The molecule has 3 rings (SSSR count). The molecule has 1 unspecified atom stereocenters. The third kappa shape index (κ3) is 3.95. The Balaban J connectivity index is 1.79. The fourth-order valence-electron chi connectivity index (χ4n) is 3.47. The first-order valence-electron chi connectivity index (χ1n) is 8.38. The number of benzene rings is 1. The van der Waals surface area contributed by atoms with Gasteiger partial charge in [0.1, 0.15) is 5.69 Å². The number of hydrogen-bond acceptors (Lipinski definition) is 3. The summed E-state index contributed by atoms with van der Waals surface area (Å²) in [5, 5.41) is 5.95. The molecule has 0 bridgehead atoms. The minimum Gasteiger partial charge on any atom is -0.275 e. The topological polar surface area (TPSA) is 47.4 Å². The Labute approximate surface area is 165 Å². The van der Waals surface area contributed by atoms with Crippen molar-refractivity contribution >= 4 is 29.1 Å². The van der Waals surface area contributed by atoms with Gasteiger partial charge in [0, 0.05) is 23.3 Å². The fraction of sp³-hybridized carbons (Fsp3) is 0.444. The quantitative estimate of drug-likeness (QED) is 0.630. The molecule has 1 aliphatic rings. The van der Waals surface area contributed by atoms with E-state index < -0.39 is 18.0 Å². The lowest BCUT2D eigenvalue weighted by Crippen LogP contribution is -2.39. The molecule has 0 aliphatic heterocycles. The molecule has 2 aromatic rings. The summed E-state index contributed by atoms with van der Waals surface area (Å²) in [5.74, 6) is -0.390. The van der Waals surface area contributed by atoms with Crippen molar-refractivity contribution in [3.8, 4) is 0 Å². The second-order valence-corrected chi connectivity index (χ2v) is 7.47. The molecular formula is C18H19Cl2F2N3O2. The molecule has 0 N–H and O–H groups in total. The van der Waals surface area contributed by atoms with E-state index in [-0.39, 0.29) is 23.4 Å². The Morgan fingerprint density at radius 1 is 1.41 bits per heavy atom. The van der Waals surface area contributed by atoms with Crippen LogP contribution in [-0.4, -0.2) is 33.9 Å². The van der Waals surface area contributed by atoms with E-state index in [1.54, 1.807) is 12.1 Å². The number of carbonyl (C=O) groups is 1. The highest BCUT2D eigenvalue weighted by Gasteiger charge is 2.47. The highest BCUT2D eigenvalue weighted by atomic mass is 35.5. The third-order valence-electron chi connectivity index (χ3n) is 4.88. The highest BCUT2D eigenvalue weighted by Crippen LogP contribution is 2.53. The summed E-state index contributed by atoms with van der Waals surface area (Å²) < 4.78 is 27.6. The van der Waals surface area contributed by atoms with E-state index in [4.69, 9.17) is 28.0 Å². The van der Waals surface area contributed by atoms with Crippen LogP contribution in [0.2, 0.25) is 10.0 Å². The summed E-state index contributed by atoms with van der Waals surface area (Å²) in [5.41, 5.74) is 0.240. The van der Waals surface area contributed by atoms with Crippen molar-refractivity contribution in [1.82, 2.24) is 14.8 Å². The first-order valence-corrected chi connectivity index (χ1v) is 9.14. The Bertz CT molecular complexity index is 859. The van der Waals surface area contributed by atoms with Crippen LogP contribution in [0.15, 0.2) is 24.4 Å². The molecule has 1 aliphatic carbocycles. The Morgan fingerprint density at radius 3 is 2.70 bits per heavy atom. The van der Waals surface area contributed by atoms with Crippen LogP contribution >= 0.6 is 23.2 Å². The van der Waals surface area contributed by atoms with E-state index >= 15 is 0 Å². The number of aromatic nitrogens is 2. The minimum absolute atomic E-state index is 0.0965. The third-order valence-corrected chi connectivity index (χ3v) is 5.45. The average molecular weight is 418 g/mol. The van der Waals surface area contributed by atoms with Gasteiger partial charge in [-0.15, -0.1) is 0 Å². The standard InChI is InChI=1S/C18H19Cl2F2N3O2/c1-9(12-7-13(12)11-5-4-10(19)6-15(11)20)25(27-3)18(26)14-8-24(2)23-16(14)17(21)22/h4-6,8-9,12-13,17H,7H2,1-3H3/t9?,12-,13-/m1/s1. The van der Waals surface area contributed by atoms with E-state index in [9.17, 15) is 13.6 Å². The van der Waals surface area contributed by atoms with Gasteiger partial charge in [-0.3, -0.25) is 14.3 Å². The predicted molar refractivity (Wildman–Crippen MR) is 98.1 cm³/mol. The molecule has 0 saturated heterocycles. The molecule has 1 amide bonds. The Hall–Kier alpha value is -1.70. The highest BCUT2D eigenvalue weighted by molar-refractivity contribution is 6.35. The zero-order chi connectivity index (χ0) is 19.9. The van der Waals surface area contributed by atoms with Gasteiger partial charge in [-0.2, -0.15) is 5.10 Å². The normalized spacial score (nSPS) is 20.0. The maximum atomic E-state index is 13.2. The van der Waals surface area contributed by atoms with Gasteiger partial charge < -0.3 is 0 Å². The fourth-order valence-corrected chi connectivity index (χ4v) is 4.01. The molecule has 1 fully saturated rings. The number of carbonyl (C=O) groups excluding carboxylic acids is 1. The lowest BCUT2D eigenvalue weighted by molar-refractivity contribution is -0.124.